The van der Waals surface area contributed by atoms with Crippen LogP contribution in [0.25, 0.3) is 10.9 Å². The summed E-state index contributed by atoms with van der Waals surface area (Å²) in [5, 5.41) is 11.1. The van der Waals surface area contributed by atoms with Gasteiger partial charge >= 0.3 is 5.97 Å². The molecule has 1 saturated carbocycles. The number of fused-ring (bicyclic) bond motifs is 1. The Balaban J connectivity index is 1.69. The highest BCUT2D eigenvalue weighted by Gasteiger charge is 2.61. The van der Waals surface area contributed by atoms with Crippen molar-refractivity contribution in [2.45, 2.75) is 25.3 Å². The summed E-state index contributed by atoms with van der Waals surface area (Å²) >= 11 is 0. The van der Waals surface area contributed by atoms with Crippen molar-refractivity contribution in [3.8, 4) is 0 Å². The van der Waals surface area contributed by atoms with Crippen LogP contribution in [-0.2, 0) is 16.8 Å². The van der Waals surface area contributed by atoms with E-state index < -0.39 is 11.4 Å². The van der Waals surface area contributed by atoms with Gasteiger partial charge in [0.1, 0.15) is 0 Å². The highest BCUT2D eigenvalue weighted by atomic mass is 16.4. The molecule has 1 heterocycles. The summed E-state index contributed by atoms with van der Waals surface area (Å²) in [7, 11) is 0. The number of nitrogens with zero attached hydrogens (tertiary/aromatic N) is 1. The summed E-state index contributed by atoms with van der Waals surface area (Å²) in [6, 6.07) is 18.0. The smallest absolute Gasteiger partial charge is 0.314 e. The van der Waals surface area contributed by atoms with Gasteiger partial charge in [0.2, 0.25) is 0 Å². The first-order chi connectivity index (χ1) is 11.1. The van der Waals surface area contributed by atoms with Gasteiger partial charge in [-0.1, -0.05) is 48.5 Å². The van der Waals surface area contributed by atoms with Crippen LogP contribution in [0, 0.1) is 12.8 Å². The third-order valence-electron chi connectivity index (χ3n) is 5.18. The minimum absolute atomic E-state index is 0.137. The van der Waals surface area contributed by atoms with Crippen molar-refractivity contribution in [1.29, 1.82) is 0 Å². The lowest BCUT2D eigenvalue weighted by atomic mass is 9.93. The molecule has 1 aromatic heterocycles. The quantitative estimate of drug-likeness (QED) is 0.792. The lowest BCUT2D eigenvalue weighted by molar-refractivity contribution is -0.140. The Hall–Kier alpha value is -2.55. The van der Waals surface area contributed by atoms with Gasteiger partial charge in [0, 0.05) is 23.6 Å². The number of benzene rings is 2. The van der Waals surface area contributed by atoms with E-state index in [0.29, 0.717) is 6.42 Å². The summed E-state index contributed by atoms with van der Waals surface area (Å²) in [5.74, 6) is -0.570. The minimum atomic E-state index is -0.722. The molecule has 0 saturated heterocycles. The first-order valence-electron chi connectivity index (χ1n) is 7.96. The van der Waals surface area contributed by atoms with Crippen LogP contribution < -0.4 is 0 Å². The molecule has 0 aliphatic heterocycles. The Morgan fingerprint density at radius 2 is 1.87 bits per heavy atom. The number of hydrogen-bond donors (Lipinski definition) is 1. The van der Waals surface area contributed by atoms with Crippen molar-refractivity contribution >= 4 is 16.9 Å². The van der Waals surface area contributed by atoms with Crippen molar-refractivity contribution in [2.75, 3.05) is 0 Å². The Labute approximate surface area is 135 Å². The maximum atomic E-state index is 11.9. The highest BCUT2D eigenvalue weighted by molar-refractivity contribution is 5.86. The topological polar surface area (TPSA) is 42.2 Å². The molecular formula is C20H19NO2. The van der Waals surface area contributed by atoms with Crippen LogP contribution in [0.4, 0.5) is 0 Å². The zero-order valence-corrected chi connectivity index (χ0v) is 13.1. The summed E-state index contributed by atoms with van der Waals surface area (Å²) in [5.41, 5.74) is 2.62. The number of aliphatic carboxylic acids is 1. The van der Waals surface area contributed by atoms with E-state index in [2.05, 4.69) is 29.8 Å². The number of rotatable bonds is 4. The minimum Gasteiger partial charge on any atom is -0.481 e. The van der Waals surface area contributed by atoms with Gasteiger partial charge in [-0.25, -0.2) is 0 Å². The molecule has 0 radical (unpaired) electrons. The van der Waals surface area contributed by atoms with E-state index in [1.54, 1.807) is 0 Å². The van der Waals surface area contributed by atoms with Gasteiger partial charge in [-0.3, -0.25) is 4.79 Å². The van der Waals surface area contributed by atoms with Crippen LogP contribution in [0.3, 0.4) is 0 Å². The lowest BCUT2D eigenvalue weighted by Gasteiger charge is -2.14. The number of hydrogen-bond acceptors (Lipinski definition) is 1. The Morgan fingerprint density at radius 3 is 2.61 bits per heavy atom. The van der Waals surface area contributed by atoms with Gasteiger partial charge in [-0.05, 0) is 36.5 Å². The van der Waals surface area contributed by atoms with Gasteiger partial charge in [0.15, 0.2) is 0 Å². The third kappa shape index (κ3) is 2.07. The normalized spacial score (nSPS) is 23.1. The molecule has 2 aromatic carbocycles. The predicted molar refractivity (Wildman–Crippen MR) is 90.5 cm³/mol. The summed E-state index contributed by atoms with van der Waals surface area (Å²) in [4.78, 5) is 11.9. The first kappa shape index (κ1) is 14.1. The molecule has 23 heavy (non-hydrogen) atoms. The highest BCUT2D eigenvalue weighted by Crippen LogP contribution is 2.55. The van der Waals surface area contributed by atoms with Crippen LogP contribution in [0.15, 0.2) is 60.8 Å². The Bertz CT molecular complexity index is 881. The maximum absolute atomic E-state index is 11.9. The van der Waals surface area contributed by atoms with Gasteiger partial charge in [-0.2, -0.15) is 0 Å². The number of para-hydroxylation sites is 1. The molecule has 116 valence electrons. The van der Waals surface area contributed by atoms with Gasteiger partial charge in [0.05, 0.1) is 5.41 Å². The van der Waals surface area contributed by atoms with E-state index in [1.165, 1.54) is 16.5 Å². The van der Waals surface area contributed by atoms with Gasteiger partial charge < -0.3 is 9.67 Å². The monoisotopic (exact) mass is 305 g/mol. The van der Waals surface area contributed by atoms with Crippen molar-refractivity contribution in [1.82, 2.24) is 4.57 Å². The molecule has 1 aliphatic carbocycles. The van der Waals surface area contributed by atoms with E-state index in [4.69, 9.17) is 0 Å². The van der Waals surface area contributed by atoms with Gasteiger partial charge in [-0.15, -0.1) is 0 Å². The molecule has 1 aliphatic rings. The summed E-state index contributed by atoms with van der Waals surface area (Å²) < 4.78 is 2.21. The summed E-state index contributed by atoms with van der Waals surface area (Å²) in [6.45, 7) is 2.85. The van der Waals surface area contributed by atoms with E-state index in [9.17, 15) is 9.90 Å². The van der Waals surface area contributed by atoms with Crippen molar-refractivity contribution in [2.24, 2.45) is 5.92 Å². The maximum Gasteiger partial charge on any atom is 0.314 e. The number of aromatic nitrogens is 1. The van der Waals surface area contributed by atoms with E-state index in [0.717, 1.165) is 12.1 Å². The second-order valence-electron chi connectivity index (χ2n) is 6.53. The second kappa shape index (κ2) is 4.98. The fraction of sp³-hybridized carbons (Fsp3) is 0.250. The number of carbonyl (C=O) groups is 1. The molecule has 1 N–H and O–H groups in total. The molecule has 0 bridgehead atoms. The molecule has 3 nitrogen and oxygen atoms in total. The van der Waals surface area contributed by atoms with E-state index >= 15 is 0 Å². The molecule has 0 unspecified atom stereocenters. The second-order valence-corrected chi connectivity index (χ2v) is 6.53. The van der Waals surface area contributed by atoms with Gasteiger partial charge in [0.25, 0.3) is 0 Å². The van der Waals surface area contributed by atoms with Crippen LogP contribution in [-0.4, -0.2) is 15.6 Å². The number of carboxylic acid groups (broad SMARTS) is 1. The molecule has 3 aromatic rings. The zero-order chi connectivity index (χ0) is 16.0. The molecule has 0 amide bonds. The van der Waals surface area contributed by atoms with Crippen LogP contribution in [0.5, 0.6) is 0 Å². The van der Waals surface area contributed by atoms with Crippen LogP contribution in [0.2, 0.25) is 0 Å². The average Bonchev–Trinajstić information content (AvgIpc) is 3.22. The largest absolute Gasteiger partial charge is 0.481 e. The van der Waals surface area contributed by atoms with Crippen molar-refractivity contribution < 1.29 is 9.90 Å². The fourth-order valence-electron chi connectivity index (χ4n) is 3.84. The molecule has 3 heteroatoms. The molecule has 0 spiro atoms. The number of carboxylic acids is 1. The van der Waals surface area contributed by atoms with Crippen molar-refractivity contribution in [3.05, 3.63) is 71.9 Å². The lowest BCUT2D eigenvalue weighted by Crippen LogP contribution is -2.23. The average molecular weight is 305 g/mol. The third-order valence-corrected chi connectivity index (χ3v) is 5.18. The fourth-order valence-corrected chi connectivity index (χ4v) is 3.84. The first-order valence-corrected chi connectivity index (χ1v) is 7.96. The van der Waals surface area contributed by atoms with E-state index in [-0.39, 0.29) is 5.92 Å². The predicted octanol–water partition coefficient (Wildman–Crippen LogP) is 3.99. The molecule has 4 rings (SSSR count). The Morgan fingerprint density at radius 1 is 1.17 bits per heavy atom. The van der Waals surface area contributed by atoms with Crippen LogP contribution >= 0.6 is 0 Å². The number of aryl methyl sites for hydroxylation is 1. The summed E-state index contributed by atoms with van der Waals surface area (Å²) in [6.07, 6.45) is 2.85. The molecule has 2 atom stereocenters. The molecule has 1 fully saturated rings. The SMILES string of the molecule is Cc1cn(C[C@@H]2C[C@@]2(C(=O)O)c2ccccc2)c2ccccc12. The van der Waals surface area contributed by atoms with Crippen molar-refractivity contribution in [3.63, 3.8) is 0 Å². The standard InChI is InChI=1S/C20H19NO2/c1-14-12-21(18-10-6-5-9-17(14)18)13-16-11-20(16,19(22)23)15-7-3-2-4-8-15/h2-10,12,16H,11,13H2,1H3,(H,22,23)/t16-,20+/m0/s1. The van der Waals surface area contributed by atoms with Crippen LogP contribution in [0.1, 0.15) is 17.5 Å². The molecular weight excluding hydrogens is 286 g/mol. The Kier molecular flexibility index (Phi) is 3.05. The zero-order valence-electron chi connectivity index (χ0n) is 13.1. The van der Waals surface area contributed by atoms with E-state index in [1.807, 2.05) is 42.5 Å².